The fourth-order valence-corrected chi connectivity index (χ4v) is 3.17. The van der Waals surface area contributed by atoms with Crippen LogP contribution < -0.4 is 15.6 Å². The average molecular weight is 366 g/mol. The van der Waals surface area contributed by atoms with Crippen LogP contribution in [0.4, 0.5) is 0 Å². The van der Waals surface area contributed by atoms with Crippen LogP contribution in [0.2, 0.25) is 5.02 Å². The van der Waals surface area contributed by atoms with Crippen molar-refractivity contribution in [2.75, 3.05) is 12.9 Å². The maximum Gasteiger partial charge on any atom is 0.270 e. The highest BCUT2D eigenvalue weighted by Crippen LogP contribution is 2.34. The predicted molar refractivity (Wildman–Crippen MR) is 93.8 cm³/mol. The molecule has 1 aromatic carbocycles. The number of H-pyrrole nitrogens is 1. The van der Waals surface area contributed by atoms with Gasteiger partial charge in [0.15, 0.2) is 0 Å². The van der Waals surface area contributed by atoms with E-state index in [1.54, 1.807) is 18.2 Å². The molecule has 6 nitrogen and oxygen atoms in total. The highest BCUT2D eigenvalue weighted by atomic mass is 35.5. The van der Waals surface area contributed by atoms with Crippen LogP contribution in [0.25, 0.3) is 0 Å². The van der Waals surface area contributed by atoms with Crippen molar-refractivity contribution in [3.8, 4) is 5.75 Å². The molecule has 0 radical (unpaired) electrons. The molecule has 0 fully saturated rings. The van der Waals surface area contributed by atoms with E-state index in [-0.39, 0.29) is 23.2 Å². The molecule has 1 aliphatic rings. The van der Waals surface area contributed by atoms with Crippen LogP contribution in [0.1, 0.15) is 34.3 Å². The molecule has 8 heteroatoms. The van der Waals surface area contributed by atoms with E-state index in [0.717, 1.165) is 5.56 Å². The molecule has 0 bridgehead atoms. The van der Waals surface area contributed by atoms with Crippen LogP contribution in [0.15, 0.2) is 29.1 Å². The first-order valence-electron chi connectivity index (χ1n) is 7.39. The Labute approximate surface area is 148 Å². The summed E-state index contributed by atoms with van der Waals surface area (Å²) in [6, 6.07) is 6.29. The van der Waals surface area contributed by atoms with Crippen molar-refractivity contribution in [1.29, 1.82) is 0 Å². The lowest BCUT2D eigenvalue weighted by Gasteiger charge is -2.26. The number of thioether (sulfide) groups is 1. The van der Waals surface area contributed by atoms with E-state index >= 15 is 0 Å². The number of aromatic nitrogens is 2. The number of carbonyl (C=O) groups excluding carboxylic acids is 1. The molecule has 0 spiro atoms. The molecule has 1 unspecified atom stereocenters. The molecule has 0 saturated carbocycles. The number of fused-ring (bicyclic) bond motifs is 1. The van der Waals surface area contributed by atoms with Crippen molar-refractivity contribution >= 4 is 29.3 Å². The topological polar surface area (TPSA) is 84.1 Å². The van der Waals surface area contributed by atoms with Crippen LogP contribution in [-0.4, -0.2) is 28.7 Å². The second-order valence-electron chi connectivity index (χ2n) is 5.36. The summed E-state index contributed by atoms with van der Waals surface area (Å²) in [5.41, 5.74) is 0.601. The minimum atomic E-state index is -0.388. The van der Waals surface area contributed by atoms with Crippen LogP contribution in [0.5, 0.6) is 5.75 Å². The third kappa shape index (κ3) is 3.73. The number of amides is 1. The molecule has 2 aromatic rings. The number of nitrogens with zero attached hydrogens (tertiary/aromatic N) is 1. The van der Waals surface area contributed by atoms with Crippen LogP contribution >= 0.6 is 23.4 Å². The minimum Gasteiger partial charge on any atom is -0.493 e. The first-order chi connectivity index (χ1) is 11.6. The summed E-state index contributed by atoms with van der Waals surface area (Å²) in [6.07, 6.45) is 2.52. The van der Waals surface area contributed by atoms with Crippen molar-refractivity contribution in [2.24, 2.45) is 0 Å². The zero-order chi connectivity index (χ0) is 17.1. The Morgan fingerprint density at radius 1 is 1.50 bits per heavy atom. The Kier molecular flexibility index (Phi) is 5.11. The van der Waals surface area contributed by atoms with E-state index in [9.17, 15) is 9.59 Å². The largest absolute Gasteiger partial charge is 0.493 e. The summed E-state index contributed by atoms with van der Waals surface area (Å²) in [7, 11) is 0. The lowest BCUT2D eigenvalue weighted by molar-refractivity contribution is 0.0919. The Balaban J connectivity index is 1.84. The summed E-state index contributed by atoms with van der Waals surface area (Å²) in [6.45, 7) is 0.500. The van der Waals surface area contributed by atoms with E-state index in [0.29, 0.717) is 35.4 Å². The molecule has 1 aromatic heterocycles. The van der Waals surface area contributed by atoms with Crippen molar-refractivity contribution in [3.05, 3.63) is 56.7 Å². The second-order valence-corrected chi connectivity index (χ2v) is 6.66. The van der Waals surface area contributed by atoms with E-state index in [1.807, 2.05) is 6.26 Å². The monoisotopic (exact) mass is 365 g/mol. The van der Waals surface area contributed by atoms with Gasteiger partial charge in [-0.3, -0.25) is 9.59 Å². The van der Waals surface area contributed by atoms with Crippen molar-refractivity contribution < 1.29 is 9.53 Å². The number of halogens is 1. The molecular weight excluding hydrogens is 350 g/mol. The van der Waals surface area contributed by atoms with Gasteiger partial charge in [-0.1, -0.05) is 11.6 Å². The molecule has 1 atom stereocenters. The van der Waals surface area contributed by atoms with E-state index in [1.165, 1.54) is 17.8 Å². The first-order valence-corrected chi connectivity index (χ1v) is 9.16. The van der Waals surface area contributed by atoms with Gasteiger partial charge in [0.2, 0.25) is 0 Å². The molecular formula is C16H16ClN3O3S. The van der Waals surface area contributed by atoms with Gasteiger partial charge in [-0.25, -0.2) is 4.98 Å². The normalized spacial score (nSPS) is 16.2. The smallest absolute Gasteiger partial charge is 0.270 e. The maximum atomic E-state index is 12.5. The third-order valence-electron chi connectivity index (χ3n) is 3.62. The predicted octanol–water partition coefficient (Wildman–Crippen LogP) is 2.54. The third-order valence-corrected chi connectivity index (χ3v) is 4.42. The molecule has 0 saturated heterocycles. The zero-order valence-electron chi connectivity index (χ0n) is 13.0. The number of hydrogen-bond donors (Lipinski definition) is 2. The number of benzene rings is 1. The van der Waals surface area contributed by atoms with Crippen molar-refractivity contribution in [2.45, 2.75) is 18.2 Å². The van der Waals surface area contributed by atoms with Crippen LogP contribution in [0, 0.1) is 0 Å². The molecule has 2 N–H and O–H groups in total. The number of nitrogens with one attached hydrogen (secondary N) is 2. The lowest BCUT2D eigenvalue weighted by Crippen LogP contribution is -2.33. The van der Waals surface area contributed by atoms with Crippen molar-refractivity contribution in [3.63, 3.8) is 0 Å². The van der Waals surface area contributed by atoms with Gasteiger partial charge in [0.05, 0.1) is 18.4 Å². The van der Waals surface area contributed by atoms with E-state index in [4.69, 9.17) is 16.3 Å². The van der Waals surface area contributed by atoms with Crippen LogP contribution in [-0.2, 0) is 5.75 Å². The van der Waals surface area contributed by atoms with Gasteiger partial charge in [0.1, 0.15) is 17.3 Å². The molecule has 126 valence electrons. The standard InChI is InChI=1S/C16H16ClN3O3S/c1-24-8-14-18-12(7-15(21)20-14)16(22)19-11-4-5-23-13-3-2-9(17)6-10(11)13/h2-3,6-7,11H,4-5,8H2,1H3,(H,19,22)(H,18,20,21). The highest BCUT2D eigenvalue weighted by molar-refractivity contribution is 7.97. The number of rotatable bonds is 4. The number of ether oxygens (including phenoxy) is 1. The van der Waals surface area contributed by atoms with Gasteiger partial charge in [-0.15, -0.1) is 0 Å². The molecule has 3 rings (SSSR count). The SMILES string of the molecule is CSCc1nc(C(=O)NC2CCOc3ccc(Cl)cc32)cc(=O)[nH]1. The van der Waals surface area contributed by atoms with Gasteiger partial charge < -0.3 is 15.0 Å². The molecule has 24 heavy (non-hydrogen) atoms. The number of aromatic amines is 1. The van der Waals surface area contributed by atoms with Crippen LogP contribution in [0.3, 0.4) is 0 Å². The molecule has 2 heterocycles. The van der Waals surface area contributed by atoms with Gasteiger partial charge in [-0.05, 0) is 24.5 Å². The van der Waals surface area contributed by atoms with Gasteiger partial charge >= 0.3 is 0 Å². The maximum absolute atomic E-state index is 12.5. The highest BCUT2D eigenvalue weighted by Gasteiger charge is 2.24. The Morgan fingerprint density at radius 3 is 3.12 bits per heavy atom. The van der Waals surface area contributed by atoms with Gasteiger partial charge in [0.25, 0.3) is 11.5 Å². The molecule has 0 aliphatic carbocycles. The summed E-state index contributed by atoms with van der Waals surface area (Å²) in [4.78, 5) is 31.1. The van der Waals surface area contributed by atoms with Gasteiger partial charge in [-0.2, -0.15) is 11.8 Å². The van der Waals surface area contributed by atoms with Gasteiger partial charge in [0, 0.05) is 23.1 Å². The molecule has 1 aliphatic heterocycles. The minimum absolute atomic E-state index is 0.109. The first kappa shape index (κ1) is 16.9. The summed E-state index contributed by atoms with van der Waals surface area (Å²) < 4.78 is 5.58. The number of hydrogen-bond acceptors (Lipinski definition) is 5. The Hall–Kier alpha value is -1.99. The number of carbonyl (C=O) groups is 1. The Bertz CT molecular complexity index is 824. The summed E-state index contributed by atoms with van der Waals surface area (Å²) in [5, 5.41) is 3.49. The Morgan fingerprint density at radius 2 is 2.33 bits per heavy atom. The summed E-state index contributed by atoms with van der Waals surface area (Å²) in [5.74, 6) is 1.33. The molecule has 1 amide bonds. The zero-order valence-corrected chi connectivity index (χ0v) is 14.5. The lowest BCUT2D eigenvalue weighted by atomic mass is 10.0. The van der Waals surface area contributed by atoms with Crippen molar-refractivity contribution in [1.82, 2.24) is 15.3 Å². The van der Waals surface area contributed by atoms with E-state index in [2.05, 4.69) is 15.3 Å². The summed E-state index contributed by atoms with van der Waals surface area (Å²) >= 11 is 7.56. The quantitative estimate of drug-likeness (QED) is 0.869. The van der Waals surface area contributed by atoms with E-state index < -0.39 is 0 Å². The average Bonchev–Trinajstić information content (AvgIpc) is 2.55. The fraction of sp³-hybridized carbons (Fsp3) is 0.312. The fourth-order valence-electron chi connectivity index (χ4n) is 2.58. The second kappa shape index (κ2) is 7.27.